The van der Waals surface area contributed by atoms with E-state index in [0.29, 0.717) is 23.0 Å². The van der Waals surface area contributed by atoms with Crippen LogP contribution in [0.15, 0.2) is 22.7 Å². The lowest BCUT2D eigenvalue weighted by Crippen LogP contribution is -2.16. The predicted octanol–water partition coefficient (Wildman–Crippen LogP) is 3.13. The molecule has 2 N–H and O–H groups in total. The zero-order valence-corrected chi connectivity index (χ0v) is 18.8. The van der Waals surface area contributed by atoms with Crippen LogP contribution in [0.2, 0.25) is 0 Å². The fourth-order valence-electron chi connectivity index (χ4n) is 2.53. The number of aromatic amines is 1. The topological polar surface area (TPSA) is 123 Å². The van der Waals surface area contributed by atoms with Gasteiger partial charge in [0.05, 0.1) is 25.5 Å². The maximum Gasteiger partial charge on any atom is 0.348 e. The van der Waals surface area contributed by atoms with E-state index < -0.39 is 11.9 Å². The van der Waals surface area contributed by atoms with Crippen molar-refractivity contribution in [3.05, 3.63) is 44.2 Å². The number of nitrogens with zero attached hydrogens (tertiary/aromatic N) is 2. The number of esters is 2. The number of H-pyrrole nitrogens is 1. The van der Waals surface area contributed by atoms with Gasteiger partial charge in [0.25, 0.3) is 0 Å². The first-order valence-corrected chi connectivity index (χ1v) is 11.3. The van der Waals surface area contributed by atoms with Crippen LogP contribution < -0.4 is 5.32 Å². The summed E-state index contributed by atoms with van der Waals surface area (Å²) in [6.07, 6.45) is 0.644. The molecule has 0 atom stereocenters. The third-order valence-electron chi connectivity index (χ3n) is 3.93. The molecule has 0 fully saturated rings. The minimum Gasteiger partial charge on any atom is -0.465 e. The van der Waals surface area contributed by atoms with Crippen molar-refractivity contribution in [3.63, 3.8) is 0 Å². The van der Waals surface area contributed by atoms with Crippen molar-refractivity contribution < 1.29 is 23.9 Å². The molecule has 9 nitrogen and oxygen atoms in total. The van der Waals surface area contributed by atoms with Crippen molar-refractivity contribution in [1.29, 1.82) is 0 Å². The van der Waals surface area contributed by atoms with E-state index >= 15 is 0 Å². The standard InChI is InChI=1S/C18H18N4O5S3/c1-9-13(16(24)26-2)15(30-14(9)17(25)27-3)20-12(23)8-29-18-19-11(21-22-18)7-10-5-4-6-28-10/h4-6H,7-8H2,1-3H3,(H,20,23)(H,19,21,22). The molecule has 3 heterocycles. The number of carbonyl (C=O) groups excluding carboxylic acids is 3. The summed E-state index contributed by atoms with van der Waals surface area (Å²) in [6.45, 7) is 1.60. The molecule has 1 amide bonds. The molecule has 0 aliphatic carbocycles. The molecular formula is C18H18N4O5S3. The highest BCUT2D eigenvalue weighted by molar-refractivity contribution is 7.99. The number of methoxy groups -OCH3 is 2. The van der Waals surface area contributed by atoms with Gasteiger partial charge in [0, 0.05) is 11.3 Å². The van der Waals surface area contributed by atoms with E-state index in [0.717, 1.165) is 28.0 Å². The van der Waals surface area contributed by atoms with Gasteiger partial charge in [-0.25, -0.2) is 14.6 Å². The lowest BCUT2D eigenvalue weighted by Gasteiger charge is -2.05. The highest BCUT2D eigenvalue weighted by Crippen LogP contribution is 2.34. The maximum absolute atomic E-state index is 12.4. The molecule has 0 aliphatic heterocycles. The van der Waals surface area contributed by atoms with Crippen molar-refractivity contribution in [1.82, 2.24) is 15.2 Å². The molecule has 0 saturated carbocycles. The van der Waals surface area contributed by atoms with Gasteiger partial charge in [0.2, 0.25) is 11.1 Å². The van der Waals surface area contributed by atoms with Crippen molar-refractivity contribution >= 4 is 57.3 Å². The molecule has 0 aliphatic rings. The van der Waals surface area contributed by atoms with Gasteiger partial charge >= 0.3 is 11.9 Å². The summed E-state index contributed by atoms with van der Waals surface area (Å²) in [4.78, 5) is 42.2. The predicted molar refractivity (Wildman–Crippen MR) is 115 cm³/mol. The Balaban J connectivity index is 1.65. The summed E-state index contributed by atoms with van der Waals surface area (Å²) in [5, 5.41) is 12.3. The van der Waals surface area contributed by atoms with Crippen molar-refractivity contribution in [2.45, 2.75) is 18.5 Å². The summed E-state index contributed by atoms with van der Waals surface area (Å²) in [5.41, 5.74) is 0.534. The fraction of sp³-hybridized carbons (Fsp3) is 0.278. The van der Waals surface area contributed by atoms with E-state index in [1.165, 1.54) is 14.2 Å². The van der Waals surface area contributed by atoms with E-state index in [1.807, 2.05) is 17.5 Å². The van der Waals surface area contributed by atoms with Crippen LogP contribution in [0.1, 0.15) is 36.3 Å². The van der Waals surface area contributed by atoms with Crippen molar-refractivity contribution in [3.8, 4) is 0 Å². The highest BCUT2D eigenvalue weighted by Gasteiger charge is 2.26. The largest absolute Gasteiger partial charge is 0.465 e. The van der Waals surface area contributed by atoms with Gasteiger partial charge in [-0.3, -0.25) is 9.89 Å². The summed E-state index contributed by atoms with van der Waals surface area (Å²) in [7, 11) is 2.48. The Hall–Kier alpha value is -2.70. The smallest absolute Gasteiger partial charge is 0.348 e. The Morgan fingerprint density at radius 3 is 2.67 bits per heavy atom. The zero-order valence-electron chi connectivity index (χ0n) is 16.3. The van der Waals surface area contributed by atoms with Crippen LogP contribution in [0.5, 0.6) is 0 Å². The molecular weight excluding hydrogens is 448 g/mol. The van der Waals surface area contributed by atoms with Crippen LogP contribution in [-0.4, -0.2) is 53.0 Å². The number of rotatable bonds is 8. The van der Waals surface area contributed by atoms with E-state index in [9.17, 15) is 14.4 Å². The molecule has 0 radical (unpaired) electrons. The number of aromatic nitrogens is 3. The number of carbonyl (C=O) groups is 3. The molecule has 3 rings (SSSR count). The van der Waals surface area contributed by atoms with Gasteiger partial charge in [0.1, 0.15) is 15.7 Å². The third-order valence-corrected chi connectivity index (χ3v) is 6.84. The minimum atomic E-state index is -0.644. The second kappa shape index (κ2) is 9.87. The summed E-state index contributed by atoms with van der Waals surface area (Å²) < 4.78 is 9.51. The number of amides is 1. The number of thiophene rings is 2. The quantitative estimate of drug-likeness (QED) is 0.383. The molecule has 3 aromatic heterocycles. The monoisotopic (exact) mass is 466 g/mol. The van der Waals surface area contributed by atoms with Crippen molar-refractivity contribution in [2.24, 2.45) is 0 Å². The molecule has 30 heavy (non-hydrogen) atoms. The molecule has 0 bridgehead atoms. The van der Waals surface area contributed by atoms with E-state index in [4.69, 9.17) is 9.47 Å². The summed E-state index contributed by atoms with van der Waals surface area (Å²) in [6, 6.07) is 3.98. The van der Waals surface area contributed by atoms with Crippen LogP contribution in [0, 0.1) is 6.92 Å². The summed E-state index contributed by atoms with van der Waals surface area (Å²) >= 11 is 3.75. The van der Waals surface area contributed by atoms with Crippen molar-refractivity contribution in [2.75, 3.05) is 25.3 Å². The first kappa shape index (κ1) is 22.0. The Labute approximate surface area is 184 Å². The van der Waals surface area contributed by atoms with Gasteiger partial charge in [-0.05, 0) is 23.9 Å². The van der Waals surface area contributed by atoms with Crippen LogP contribution in [0.3, 0.4) is 0 Å². The van der Waals surface area contributed by atoms with Crippen LogP contribution >= 0.6 is 34.4 Å². The number of ether oxygens (including phenoxy) is 2. The van der Waals surface area contributed by atoms with Gasteiger partial charge in [-0.15, -0.1) is 27.8 Å². The molecule has 0 unspecified atom stereocenters. The molecule has 0 spiro atoms. The van der Waals surface area contributed by atoms with Crippen LogP contribution in [-0.2, 0) is 20.7 Å². The Morgan fingerprint density at radius 1 is 1.23 bits per heavy atom. The van der Waals surface area contributed by atoms with E-state index in [-0.39, 0.29) is 27.1 Å². The SMILES string of the molecule is COC(=O)c1sc(NC(=O)CSc2n[nH]c(Cc3cccs3)n2)c(C(=O)OC)c1C. The summed E-state index contributed by atoms with van der Waals surface area (Å²) in [5.74, 6) is -0.857. The minimum absolute atomic E-state index is 0.0292. The number of thioether (sulfide) groups is 1. The molecule has 0 saturated heterocycles. The average Bonchev–Trinajstić information content (AvgIpc) is 3.47. The van der Waals surface area contributed by atoms with Gasteiger partial charge in [-0.2, -0.15) is 0 Å². The first-order chi connectivity index (χ1) is 14.4. The average molecular weight is 467 g/mol. The van der Waals surface area contributed by atoms with Gasteiger partial charge < -0.3 is 14.8 Å². The van der Waals surface area contributed by atoms with E-state index in [2.05, 4.69) is 20.5 Å². The number of hydrogen-bond donors (Lipinski definition) is 2. The van der Waals surface area contributed by atoms with E-state index in [1.54, 1.807) is 18.3 Å². The number of anilines is 1. The van der Waals surface area contributed by atoms with Gasteiger partial charge in [-0.1, -0.05) is 17.8 Å². The van der Waals surface area contributed by atoms with Crippen LogP contribution in [0.4, 0.5) is 5.00 Å². The van der Waals surface area contributed by atoms with Crippen LogP contribution in [0.25, 0.3) is 0 Å². The molecule has 0 aromatic carbocycles. The lowest BCUT2D eigenvalue weighted by molar-refractivity contribution is -0.113. The molecule has 158 valence electrons. The highest BCUT2D eigenvalue weighted by atomic mass is 32.2. The normalized spacial score (nSPS) is 10.6. The number of hydrogen-bond acceptors (Lipinski definition) is 10. The second-order valence-corrected chi connectivity index (χ2v) is 8.90. The lowest BCUT2D eigenvalue weighted by atomic mass is 10.1. The Morgan fingerprint density at radius 2 is 2.00 bits per heavy atom. The molecule has 12 heteroatoms. The first-order valence-electron chi connectivity index (χ1n) is 8.59. The molecule has 3 aromatic rings. The third kappa shape index (κ3) is 5.07. The number of nitrogens with one attached hydrogen (secondary N) is 2. The fourth-order valence-corrected chi connectivity index (χ4v) is 4.98. The zero-order chi connectivity index (χ0) is 21.7. The van der Waals surface area contributed by atoms with Gasteiger partial charge in [0.15, 0.2) is 0 Å². The Kier molecular flexibility index (Phi) is 7.24. The second-order valence-electron chi connectivity index (χ2n) is 5.90. The Bertz CT molecular complexity index is 1060. The maximum atomic E-state index is 12.4.